The summed E-state index contributed by atoms with van der Waals surface area (Å²) in [6.45, 7) is 1.78. The van der Waals surface area contributed by atoms with Crippen molar-refractivity contribution in [3.05, 3.63) is 118 Å². The number of sulfonamides is 1. The Morgan fingerprint density at radius 2 is 1.60 bits per heavy atom. The number of hydrogen-bond donors (Lipinski definition) is 2. The normalized spacial score (nSPS) is 11.6. The van der Waals surface area contributed by atoms with Crippen LogP contribution in [-0.4, -0.2) is 30.8 Å². The summed E-state index contributed by atoms with van der Waals surface area (Å²) < 4.78 is 33.9. The molecule has 0 atom stereocenters. The van der Waals surface area contributed by atoms with Crippen LogP contribution in [0.5, 0.6) is 0 Å². The molecule has 9 nitrogen and oxygen atoms in total. The zero-order chi connectivity index (χ0) is 28.7. The van der Waals surface area contributed by atoms with Gasteiger partial charge in [0, 0.05) is 22.3 Å². The molecule has 3 aromatic carbocycles. The average Bonchev–Trinajstić information content (AvgIpc) is 3.37. The van der Waals surface area contributed by atoms with Gasteiger partial charge in [0.15, 0.2) is 0 Å². The Morgan fingerprint density at radius 3 is 2.30 bits per heavy atom. The lowest BCUT2D eigenvalue weighted by molar-refractivity contribution is -0.136. The van der Waals surface area contributed by atoms with Gasteiger partial charge in [0.05, 0.1) is 17.7 Å². The van der Waals surface area contributed by atoms with E-state index < -0.39 is 21.8 Å². The quantitative estimate of drug-likeness (QED) is 0.152. The summed E-state index contributed by atoms with van der Waals surface area (Å²) >= 11 is 11.8. The van der Waals surface area contributed by atoms with E-state index in [0.29, 0.717) is 27.1 Å². The van der Waals surface area contributed by atoms with Crippen LogP contribution in [0, 0.1) is 6.92 Å². The van der Waals surface area contributed by atoms with Crippen LogP contribution in [0.25, 0.3) is 0 Å². The highest BCUT2D eigenvalue weighted by molar-refractivity contribution is 7.89. The summed E-state index contributed by atoms with van der Waals surface area (Å²) in [7, 11) is -3.90. The second-order valence-corrected chi connectivity index (χ2v) is 11.4. The number of benzene rings is 3. The minimum absolute atomic E-state index is 0.0666. The average molecular weight is 599 g/mol. The third kappa shape index (κ3) is 7.57. The molecule has 40 heavy (non-hydrogen) atoms. The molecule has 0 aliphatic rings. The Labute approximate surface area is 241 Å². The van der Waals surface area contributed by atoms with Gasteiger partial charge < -0.3 is 9.73 Å². The maximum Gasteiger partial charge on any atom is 0.329 e. The third-order valence-corrected chi connectivity index (χ3v) is 7.96. The van der Waals surface area contributed by atoms with Crippen molar-refractivity contribution in [2.75, 3.05) is 5.32 Å². The molecule has 0 spiro atoms. The first kappa shape index (κ1) is 29.0. The van der Waals surface area contributed by atoms with Gasteiger partial charge in [0.2, 0.25) is 10.0 Å². The van der Waals surface area contributed by atoms with Crippen molar-refractivity contribution in [3.8, 4) is 0 Å². The molecule has 1 heterocycles. The highest BCUT2D eigenvalue weighted by Gasteiger charge is 2.26. The van der Waals surface area contributed by atoms with Gasteiger partial charge in [-0.3, -0.25) is 9.59 Å². The van der Waals surface area contributed by atoms with Crippen LogP contribution in [0.2, 0.25) is 10.0 Å². The highest BCUT2D eigenvalue weighted by Crippen LogP contribution is 2.23. The lowest BCUT2D eigenvalue weighted by atomic mass is 10.2. The predicted octanol–water partition coefficient (Wildman–Crippen LogP) is 5.37. The zero-order valence-corrected chi connectivity index (χ0v) is 23.5. The second kappa shape index (κ2) is 12.9. The van der Waals surface area contributed by atoms with E-state index in [0.717, 1.165) is 5.56 Å². The van der Waals surface area contributed by atoms with Gasteiger partial charge in [-0.2, -0.15) is 9.41 Å². The van der Waals surface area contributed by atoms with Gasteiger partial charge in [0.1, 0.15) is 11.5 Å². The summed E-state index contributed by atoms with van der Waals surface area (Å²) in [5, 5.41) is 7.18. The van der Waals surface area contributed by atoms with Crippen LogP contribution in [0.15, 0.2) is 99.3 Å². The lowest BCUT2D eigenvalue weighted by Crippen LogP contribution is -2.32. The Hall–Kier alpha value is -3.96. The molecule has 0 unspecified atom stereocenters. The van der Waals surface area contributed by atoms with Crippen molar-refractivity contribution < 1.29 is 22.4 Å². The second-order valence-electron chi connectivity index (χ2n) is 8.63. The Bertz CT molecular complexity index is 1640. The number of hydrazone groups is 1. The van der Waals surface area contributed by atoms with E-state index >= 15 is 0 Å². The number of rotatable bonds is 9. The molecule has 206 valence electrons. The fourth-order valence-corrected chi connectivity index (χ4v) is 5.39. The summed E-state index contributed by atoms with van der Waals surface area (Å²) in [5.41, 5.74) is 4.06. The Morgan fingerprint density at radius 1 is 0.900 bits per heavy atom. The van der Waals surface area contributed by atoms with E-state index in [4.69, 9.17) is 27.6 Å². The molecule has 0 saturated heterocycles. The van der Waals surface area contributed by atoms with Gasteiger partial charge in [-0.15, -0.1) is 0 Å². The number of carbonyl (C=O) groups excluding carboxylic acids is 2. The summed E-state index contributed by atoms with van der Waals surface area (Å²) in [5.74, 6) is -1.31. The highest BCUT2D eigenvalue weighted by atomic mass is 35.5. The fourth-order valence-electron chi connectivity index (χ4n) is 3.64. The van der Waals surface area contributed by atoms with Gasteiger partial charge in [0.25, 0.3) is 0 Å². The lowest BCUT2D eigenvalue weighted by Gasteiger charge is -2.21. The van der Waals surface area contributed by atoms with Crippen molar-refractivity contribution in [1.29, 1.82) is 0 Å². The van der Waals surface area contributed by atoms with Gasteiger partial charge in [-0.1, -0.05) is 53.5 Å². The smallest absolute Gasteiger partial charge is 0.329 e. The molecule has 0 bridgehead atoms. The van der Waals surface area contributed by atoms with Crippen LogP contribution < -0.4 is 10.7 Å². The molecule has 0 saturated carbocycles. The molecule has 4 aromatic rings. The first-order valence-electron chi connectivity index (χ1n) is 11.9. The topological polar surface area (TPSA) is 121 Å². The summed E-state index contributed by atoms with van der Waals surface area (Å²) in [4.78, 5) is 24.4. The number of nitrogens with one attached hydrogen (secondary N) is 2. The number of hydrogen-bond acceptors (Lipinski definition) is 6. The standard InChI is InChI=1S/C28H24Cl2N4O5S/c1-19-15-22(30)9-14-26(19)32-27(35)28(36)33-31-16-23-10-11-24(39-23)18-34(17-20-5-3-2-4-6-20)40(37,38)25-12-7-21(29)8-13-25/h2-16H,17-18H2,1H3,(H,32,35)(H,33,36)/b31-16+. The number of halogens is 2. The maximum absolute atomic E-state index is 13.5. The van der Waals surface area contributed by atoms with E-state index in [2.05, 4.69) is 15.8 Å². The number of carbonyl (C=O) groups is 2. The predicted molar refractivity (Wildman–Crippen MR) is 154 cm³/mol. The van der Waals surface area contributed by atoms with Crippen LogP contribution >= 0.6 is 23.2 Å². The van der Waals surface area contributed by atoms with Crippen molar-refractivity contribution in [2.24, 2.45) is 5.10 Å². The van der Waals surface area contributed by atoms with Crippen molar-refractivity contribution >= 4 is 56.9 Å². The molecule has 0 radical (unpaired) electrons. The number of furan rings is 1. The van der Waals surface area contributed by atoms with Crippen molar-refractivity contribution in [2.45, 2.75) is 24.9 Å². The van der Waals surface area contributed by atoms with E-state index in [9.17, 15) is 18.0 Å². The molecule has 0 aliphatic carbocycles. The van der Waals surface area contributed by atoms with Crippen LogP contribution in [0.3, 0.4) is 0 Å². The number of aryl methyl sites for hydroxylation is 1. The van der Waals surface area contributed by atoms with Gasteiger partial charge in [-0.25, -0.2) is 13.8 Å². The Kier molecular flexibility index (Phi) is 9.38. The Balaban J connectivity index is 1.43. The molecule has 0 aliphatic heterocycles. The van der Waals surface area contributed by atoms with Gasteiger partial charge in [-0.05, 0) is 72.6 Å². The zero-order valence-electron chi connectivity index (χ0n) is 21.2. The maximum atomic E-state index is 13.5. The minimum atomic E-state index is -3.90. The monoisotopic (exact) mass is 598 g/mol. The molecule has 1 aromatic heterocycles. The number of amides is 2. The molecule has 12 heteroatoms. The molecule has 2 amide bonds. The van der Waals surface area contributed by atoms with E-state index in [1.54, 1.807) is 37.3 Å². The van der Waals surface area contributed by atoms with Crippen molar-refractivity contribution in [1.82, 2.24) is 9.73 Å². The van der Waals surface area contributed by atoms with E-state index in [1.165, 1.54) is 34.8 Å². The largest absolute Gasteiger partial charge is 0.459 e. The van der Waals surface area contributed by atoms with Crippen LogP contribution in [0.1, 0.15) is 22.6 Å². The third-order valence-electron chi connectivity index (χ3n) is 5.67. The van der Waals surface area contributed by atoms with Crippen LogP contribution in [0.4, 0.5) is 5.69 Å². The van der Waals surface area contributed by atoms with E-state index in [1.807, 2.05) is 30.3 Å². The first-order valence-corrected chi connectivity index (χ1v) is 14.1. The van der Waals surface area contributed by atoms with Crippen molar-refractivity contribution in [3.63, 3.8) is 0 Å². The van der Waals surface area contributed by atoms with Gasteiger partial charge >= 0.3 is 11.8 Å². The fraction of sp³-hybridized carbons (Fsp3) is 0.107. The minimum Gasteiger partial charge on any atom is -0.459 e. The number of nitrogens with zero attached hydrogens (tertiary/aromatic N) is 2. The molecular formula is C28H24Cl2N4O5S. The van der Waals surface area contributed by atoms with E-state index in [-0.39, 0.29) is 23.7 Å². The summed E-state index contributed by atoms with van der Waals surface area (Å²) in [6.07, 6.45) is 1.21. The molecular weight excluding hydrogens is 575 g/mol. The molecule has 0 fully saturated rings. The summed E-state index contributed by atoms with van der Waals surface area (Å²) in [6, 6.07) is 23.1. The molecule has 4 rings (SSSR count). The number of anilines is 1. The SMILES string of the molecule is Cc1cc(Cl)ccc1NC(=O)C(=O)N/N=C/c1ccc(CN(Cc2ccccc2)S(=O)(=O)c2ccc(Cl)cc2)o1. The van der Waals surface area contributed by atoms with Crippen LogP contribution in [-0.2, 0) is 32.7 Å². The molecule has 2 N–H and O–H groups in total. The first-order chi connectivity index (χ1) is 19.1.